The van der Waals surface area contributed by atoms with Gasteiger partial charge in [0.2, 0.25) is 0 Å². The quantitative estimate of drug-likeness (QED) is 0.459. The molecule has 0 radical (unpaired) electrons. The third kappa shape index (κ3) is 7.26. The van der Waals surface area contributed by atoms with E-state index in [4.69, 9.17) is 11.2 Å². The van der Waals surface area contributed by atoms with Gasteiger partial charge in [-0.05, 0) is 44.9 Å². The molecular formula is C17H25N3O. The molecule has 0 atom stereocenters. The third-order valence-corrected chi connectivity index (χ3v) is 2.67. The Morgan fingerprint density at radius 1 is 1.29 bits per heavy atom. The summed E-state index contributed by atoms with van der Waals surface area (Å²) in [7, 11) is 0. The lowest BCUT2D eigenvalue weighted by Crippen LogP contribution is -2.37. The molecule has 1 aromatic carbocycles. The molecule has 21 heavy (non-hydrogen) atoms. The van der Waals surface area contributed by atoms with E-state index in [2.05, 4.69) is 33.7 Å². The van der Waals surface area contributed by atoms with Crippen molar-refractivity contribution in [1.29, 1.82) is 0 Å². The maximum absolute atomic E-state index is 5.62. The number of guanidine groups is 1. The first-order valence-electron chi connectivity index (χ1n) is 7.37. The van der Waals surface area contributed by atoms with E-state index in [9.17, 15) is 0 Å². The Labute approximate surface area is 128 Å². The van der Waals surface area contributed by atoms with Gasteiger partial charge in [-0.3, -0.25) is 4.99 Å². The average molecular weight is 287 g/mol. The van der Waals surface area contributed by atoms with Crippen LogP contribution in [-0.2, 0) is 6.42 Å². The van der Waals surface area contributed by atoms with Gasteiger partial charge in [0.25, 0.3) is 0 Å². The van der Waals surface area contributed by atoms with Crippen molar-refractivity contribution in [3.8, 4) is 18.1 Å². The molecule has 0 aliphatic carbocycles. The number of hydrogen-bond donors (Lipinski definition) is 2. The molecule has 0 aromatic heterocycles. The minimum Gasteiger partial charge on any atom is -0.491 e. The van der Waals surface area contributed by atoms with Crippen molar-refractivity contribution >= 4 is 5.96 Å². The Morgan fingerprint density at radius 2 is 2.00 bits per heavy atom. The molecule has 0 unspecified atom stereocenters. The standard InChI is InChI=1S/C17H25N3O/c1-5-12-19-17(18-6-2)20-13-11-15-7-9-16(10-8-15)21-14(3)4/h1,7-10,14H,6,11-13H2,2-4H3,(H2,18,19,20). The molecule has 0 saturated heterocycles. The van der Waals surface area contributed by atoms with Crippen molar-refractivity contribution in [2.45, 2.75) is 33.3 Å². The van der Waals surface area contributed by atoms with Crippen LogP contribution in [0.15, 0.2) is 29.3 Å². The van der Waals surface area contributed by atoms with Crippen LogP contribution in [-0.4, -0.2) is 31.7 Å². The van der Waals surface area contributed by atoms with Crippen LogP contribution in [0.1, 0.15) is 26.3 Å². The highest BCUT2D eigenvalue weighted by atomic mass is 16.5. The summed E-state index contributed by atoms with van der Waals surface area (Å²) >= 11 is 0. The molecule has 2 N–H and O–H groups in total. The Hall–Kier alpha value is -2.15. The van der Waals surface area contributed by atoms with Gasteiger partial charge in [-0.2, -0.15) is 0 Å². The molecule has 0 aliphatic heterocycles. The monoisotopic (exact) mass is 287 g/mol. The smallest absolute Gasteiger partial charge is 0.192 e. The topological polar surface area (TPSA) is 45.7 Å². The second kappa shape index (κ2) is 9.71. The minimum absolute atomic E-state index is 0.199. The summed E-state index contributed by atoms with van der Waals surface area (Å²) in [5.74, 6) is 4.20. The van der Waals surface area contributed by atoms with Crippen LogP contribution in [0.4, 0.5) is 0 Å². The molecule has 4 nitrogen and oxygen atoms in total. The number of benzene rings is 1. The molecule has 114 valence electrons. The van der Waals surface area contributed by atoms with Gasteiger partial charge in [-0.15, -0.1) is 6.42 Å². The van der Waals surface area contributed by atoms with Gasteiger partial charge >= 0.3 is 0 Å². The fourth-order valence-electron chi connectivity index (χ4n) is 1.78. The van der Waals surface area contributed by atoms with Crippen molar-refractivity contribution < 1.29 is 4.74 Å². The molecule has 1 rings (SSSR count). The highest BCUT2D eigenvalue weighted by molar-refractivity contribution is 5.79. The third-order valence-electron chi connectivity index (χ3n) is 2.67. The normalized spacial score (nSPS) is 11.1. The second-order valence-electron chi connectivity index (χ2n) is 4.88. The van der Waals surface area contributed by atoms with Crippen molar-refractivity contribution in [2.75, 3.05) is 19.6 Å². The lowest BCUT2D eigenvalue weighted by molar-refractivity contribution is 0.242. The predicted octanol–water partition coefficient (Wildman–Crippen LogP) is 2.20. The summed E-state index contributed by atoms with van der Waals surface area (Å²) in [4.78, 5) is 4.48. The zero-order valence-corrected chi connectivity index (χ0v) is 13.1. The van der Waals surface area contributed by atoms with Gasteiger partial charge in [-0.25, -0.2) is 0 Å². The number of aliphatic imine (C=N–C) groups is 1. The van der Waals surface area contributed by atoms with Crippen molar-refractivity contribution in [2.24, 2.45) is 4.99 Å². The number of nitrogens with one attached hydrogen (secondary N) is 2. The average Bonchev–Trinajstić information content (AvgIpc) is 2.46. The van der Waals surface area contributed by atoms with Crippen LogP contribution in [0.25, 0.3) is 0 Å². The van der Waals surface area contributed by atoms with E-state index in [1.807, 2.05) is 32.9 Å². The van der Waals surface area contributed by atoms with E-state index in [1.54, 1.807) is 0 Å². The zero-order valence-electron chi connectivity index (χ0n) is 13.1. The fourth-order valence-corrected chi connectivity index (χ4v) is 1.78. The summed E-state index contributed by atoms with van der Waals surface area (Å²) in [6.07, 6.45) is 6.32. The van der Waals surface area contributed by atoms with Crippen molar-refractivity contribution in [3.05, 3.63) is 29.8 Å². The largest absolute Gasteiger partial charge is 0.491 e. The van der Waals surface area contributed by atoms with Crippen molar-refractivity contribution in [1.82, 2.24) is 10.6 Å². The molecule has 0 fully saturated rings. The van der Waals surface area contributed by atoms with Gasteiger partial charge in [-0.1, -0.05) is 18.1 Å². The number of hydrogen-bond acceptors (Lipinski definition) is 2. The minimum atomic E-state index is 0.199. The lowest BCUT2D eigenvalue weighted by Gasteiger charge is -2.10. The van der Waals surface area contributed by atoms with Gasteiger partial charge in [0.15, 0.2) is 5.96 Å². The molecule has 0 saturated carbocycles. The van der Waals surface area contributed by atoms with E-state index in [0.717, 1.165) is 24.7 Å². The van der Waals surface area contributed by atoms with Crippen LogP contribution in [0.3, 0.4) is 0 Å². The van der Waals surface area contributed by atoms with Gasteiger partial charge in [0.1, 0.15) is 5.75 Å². The van der Waals surface area contributed by atoms with E-state index < -0.39 is 0 Å². The Kier molecular flexibility index (Phi) is 7.81. The molecular weight excluding hydrogens is 262 g/mol. The van der Waals surface area contributed by atoms with E-state index in [-0.39, 0.29) is 6.10 Å². The second-order valence-corrected chi connectivity index (χ2v) is 4.88. The van der Waals surface area contributed by atoms with Gasteiger partial charge in [0.05, 0.1) is 12.6 Å². The first-order chi connectivity index (χ1) is 10.2. The molecule has 0 bridgehead atoms. The number of terminal acetylenes is 1. The Balaban J connectivity index is 2.47. The summed E-state index contributed by atoms with van der Waals surface area (Å²) in [6, 6.07) is 8.16. The SMILES string of the molecule is C#CCNC(=NCCc1ccc(OC(C)C)cc1)NCC. The van der Waals surface area contributed by atoms with Crippen LogP contribution in [0, 0.1) is 12.3 Å². The zero-order chi connectivity index (χ0) is 15.5. The summed E-state index contributed by atoms with van der Waals surface area (Å²) < 4.78 is 5.62. The lowest BCUT2D eigenvalue weighted by atomic mass is 10.1. The molecule has 0 amide bonds. The van der Waals surface area contributed by atoms with Crippen LogP contribution < -0.4 is 15.4 Å². The van der Waals surface area contributed by atoms with Crippen LogP contribution >= 0.6 is 0 Å². The van der Waals surface area contributed by atoms with E-state index in [0.29, 0.717) is 13.1 Å². The first kappa shape index (κ1) is 16.9. The molecule has 1 aromatic rings. The first-order valence-corrected chi connectivity index (χ1v) is 7.37. The van der Waals surface area contributed by atoms with Crippen LogP contribution in [0.2, 0.25) is 0 Å². The maximum atomic E-state index is 5.62. The number of ether oxygens (including phenoxy) is 1. The summed E-state index contributed by atoms with van der Waals surface area (Å²) in [6.45, 7) is 8.08. The summed E-state index contributed by atoms with van der Waals surface area (Å²) in [5, 5.41) is 6.23. The van der Waals surface area contributed by atoms with Gasteiger partial charge in [0, 0.05) is 13.1 Å². The molecule has 0 heterocycles. The molecule has 0 aliphatic rings. The van der Waals surface area contributed by atoms with Crippen molar-refractivity contribution in [3.63, 3.8) is 0 Å². The Morgan fingerprint density at radius 3 is 2.57 bits per heavy atom. The fraction of sp³-hybridized carbons (Fsp3) is 0.471. The number of nitrogens with zero attached hydrogens (tertiary/aromatic N) is 1. The van der Waals surface area contributed by atoms with E-state index >= 15 is 0 Å². The van der Waals surface area contributed by atoms with Gasteiger partial charge < -0.3 is 15.4 Å². The van der Waals surface area contributed by atoms with E-state index in [1.165, 1.54) is 5.56 Å². The highest BCUT2D eigenvalue weighted by Crippen LogP contribution is 2.14. The summed E-state index contributed by atoms with van der Waals surface area (Å²) in [5.41, 5.74) is 1.24. The molecule has 0 spiro atoms. The van der Waals surface area contributed by atoms with Crippen LogP contribution in [0.5, 0.6) is 5.75 Å². The predicted molar refractivity (Wildman–Crippen MR) is 88.7 cm³/mol. The number of rotatable bonds is 7. The highest BCUT2D eigenvalue weighted by Gasteiger charge is 1.99. The molecule has 4 heteroatoms. The Bertz CT molecular complexity index is 472. The maximum Gasteiger partial charge on any atom is 0.192 e.